The zero-order valence-corrected chi connectivity index (χ0v) is 47.2. The second-order valence-corrected chi connectivity index (χ2v) is 25.5. The molecule has 0 saturated heterocycles. The summed E-state index contributed by atoms with van der Waals surface area (Å²) in [6, 6.07) is 33.1. The third-order valence-electron chi connectivity index (χ3n) is 12.9. The van der Waals surface area contributed by atoms with Crippen LogP contribution in [0.3, 0.4) is 0 Å². The molecule has 0 aliphatic carbocycles. The van der Waals surface area contributed by atoms with Gasteiger partial charge in [0.2, 0.25) is 0 Å². The first-order valence-electron chi connectivity index (χ1n) is 24.1. The number of nitrogens with zero attached hydrogens (tertiary/aromatic N) is 8. The number of aromatic hydroxyl groups is 2. The minimum atomic E-state index is -5.23. The van der Waals surface area contributed by atoms with Crippen LogP contribution in [0.25, 0.3) is 55.2 Å². The average Bonchev–Trinajstić information content (AvgIpc) is 2.02. The van der Waals surface area contributed by atoms with Crippen molar-refractivity contribution in [2.75, 3.05) is 11.5 Å². The lowest BCUT2D eigenvalue weighted by molar-refractivity contribution is 0.472. The molecule has 11 N–H and O–H groups in total. The fourth-order valence-corrected chi connectivity index (χ4v) is 12.3. The van der Waals surface area contributed by atoms with E-state index in [1.807, 2.05) is 0 Å². The topological polar surface area (TPSA) is 463 Å². The van der Waals surface area contributed by atoms with E-state index in [1.54, 1.807) is 30.3 Å². The predicted octanol–water partition coefficient (Wildman–Crippen LogP) is 12.9. The molecule has 32 heteroatoms. The van der Waals surface area contributed by atoms with Crippen molar-refractivity contribution in [2.24, 2.45) is 40.9 Å². The van der Waals surface area contributed by atoms with E-state index in [0.29, 0.717) is 28.1 Å². The van der Waals surface area contributed by atoms with Crippen molar-refractivity contribution < 1.29 is 75.1 Å². The Hall–Kier alpha value is -9.87. The normalized spacial score (nSPS) is 13.1. The van der Waals surface area contributed by atoms with Crippen LogP contribution in [-0.4, -0.2) is 75.1 Å². The van der Waals surface area contributed by atoms with E-state index in [4.69, 9.17) is 11.5 Å². The van der Waals surface area contributed by atoms with Crippen LogP contribution in [0.15, 0.2) is 217 Å². The molecule has 0 amide bonds. The summed E-state index contributed by atoms with van der Waals surface area (Å²) in [7, 11) is -24.7. The van der Waals surface area contributed by atoms with Gasteiger partial charge in [-0.2, -0.15) is 62.5 Å². The van der Waals surface area contributed by atoms with Crippen LogP contribution in [0.2, 0.25) is 0 Å². The lowest BCUT2D eigenvalue weighted by Gasteiger charge is -2.12. The summed E-state index contributed by atoms with van der Waals surface area (Å²) in [5.74, 6) is -1.27. The van der Waals surface area contributed by atoms with Gasteiger partial charge < -0.3 is 21.7 Å². The number of nitrogen functional groups attached to an aromatic ring is 2. The average molecular weight is 1260 g/mol. The van der Waals surface area contributed by atoms with Gasteiger partial charge in [0.15, 0.2) is 11.5 Å². The van der Waals surface area contributed by atoms with Gasteiger partial charge in [-0.05, 0) is 131 Å². The molecule has 10 aromatic rings. The number of rotatable bonds is 15. The van der Waals surface area contributed by atoms with Crippen molar-refractivity contribution in [3.05, 3.63) is 163 Å². The van der Waals surface area contributed by atoms with E-state index in [9.17, 15) is 75.1 Å². The minimum Gasteiger partial charge on any atom is -0.505 e. The second-order valence-electron chi connectivity index (χ2n) is 18.5. The molecule has 0 aromatic heterocycles. The molecule has 10 aromatic carbocycles. The fourth-order valence-electron chi connectivity index (χ4n) is 8.90. The maximum absolute atomic E-state index is 12.8. The number of hydrogen-bond donors (Lipinski definition) is 9. The molecule has 0 saturated carbocycles. The summed E-state index contributed by atoms with van der Waals surface area (Å²) in [5, 5.41) is 56.2. The molecule has 86 heavy (non-hydrogen) atoms. The number of phenolic OH excluding ortho intramolecular Hbond substituents is 2. The Morgan fingerprint density at radius 2 is 0.849 bits per heavy atom. The number of benzene rings is 10. The molecule has 27 nitrogen and oxygen atoms in total. The summed E-state index contributed by atoms with van der Waals surface area (Å²) < 4.78 is 173. The lowest BCUT2D eigenvalue weighted by atomic mass is 10.0. The quantitative estimate of drug-likeness (QED) is 0.0199. The molecule has 0 heterocycles. The van der Waals surface area contributed by atoms with Crippen LogP contribution in [0.1, 0.15) is 11.1 Å². The van der Waals surface area contributed by atoms with Crippen molar-refractivity contribution in [3.8, 4) is 11.5 Å². The fraction of sp³-hybridized carbons (Fsp3) is 0. The molecule has 0 aliphatic heterocycles. The van der Waals surface area contributed by atoms with Gasteiger partial charge in [-0.3, -0.25) is 22.8 Å². The zero-order valence-electron chi connectivity index (χ0n) is 43.1. The number of azo groups is 4. The first-order chi connectivity index (χ1) is 40.4. The molecule has 0 atom stereocenters. The Morgan fingerprint density at radius 1 is 0.349 bits per heavy atom. The van der Waals surface area contributed by atoms with Gasteiger partial charge in [0, 0.05) is 32.9 Å². The third-order valence-corrected chi connectivity index (χ3v) is 17.3. The Kier molecular flexibility index (Phi) is 15.4. The van der Waals surface area contributed by atoms with Gasteiger partial charge in [0.05, 0.1) is 49.8 Å². The summed E-state index contributed by atoms with van der Waals surface area (Å²) in [6.07, 6.45) is 2.83. The van der Waals surface area contributed by atoms with Crippen molar-refractivity contribution >= 4 is 163 Å². The van der Waals surface area contributed by atoms with Gasteiger partial charge in [-0.15, -0.1) is 20.5 Å². The number of phenols is 2. The van der Waals surface area contributed by atoms with E-state index in [1.165, 1.54) is 109 Å². The van der Waals surface area contributed by atoms with E-state index in [2.05, 4.69) is 40.9 Å². The summed E-state index contributed by atoms with van der Waals surface area (Å²) in [5.41, 5.74) is 12.4. The van der Waals surface area contributed by atoms with Crippen LogP contribution in [0.5, 0.6) is 11.5 Å². The number of hydrogen-bond acceptors (Lipinski definition) is 22. The number of nitrogens with two attached hydrogens (primary N) is 2. The van der Waals surface area contributed by atoms with E-state index < -0.39 is 81.6 Å². The number of anilines is 2. The Labute approximate surface area is 486 Å². The maximum Gasteiger partial charge on any atom is 0.296 e. The Balaban J connectivity index is 0.872. The van der Waals surface area contributed by atoms with Crippen molar-refractivity contribution in [2.45, 2.75) is 24.5 Å². The molecule has 0 unspecified atom stereocenters. The molecule has 0 spiro atoms. The molecular weight excluding hydrogens is 1220 g/mol. The SMILES string of the molecule is Nc1ccc(N=Nc2ccc3cc(S(=O)(=O)O)cc(S(=O)(=O)O)c3c2)c2ccc(N=Nc3ccc(/C=C/c4ccc(N=Nc5c(S(=O)(=O)O)cc6c(N=Nc7ccc8cccc(S(=O)(=O)O)c8c7)ccc(N)c6c5O)cc4S(=O)(=O)O)cc3)c(O)c12. The molecular formula is C54H38N10O17S5. The largest absolute Gasteiger partial charge is 0.505 e. The minimum absolute atomic E-state index is 0.00557. The smallest absolute Gasteiger partial charge is 0.296 e. The van der Waals surface area contributed by atoms with E-state index in [-0.39, 0.29) is 94.0 Å². The number of fused-ring (bicyclic) bond motifs is 4. The lowest BCUT2D eigenvalue weighted by Crippen LogP contribution is -2.04. The predicted molar refractivity (Wildman–Crippen MR) is 316 cm³/mol. The van der Waals surface area contributed by atoms with Gasteiger partial charge in [0.25, 0.3) is 50.6 Å². The highest BCUT2D eigenvalue weighted by Gasteiger charge is 2.26. The van der Waals surface area contributed by atoms with Gasteiger partial charge in [-0.1, -0.05) is 54.6 Å². The van der Waals surface area contributed by atoms with Crippen molar-refractivity contribution in [3.63, 3.8) is 0 Å². The highest BCUT2D eigenvalue weighted by atomic mass is 32.2. The Bertz CT molecular complexity index is 5320. The van der Waals surface area contributed by atoms with Gasteiger partial charge >= 0.3 is 0 Å². The summed E-state index contributed by atoms with van der Waals surface area (Å²) in [4.78, 5) is -3.60. The molecule has 436 valence electrons. The van der Waals surface area contributed by atoms with Crippen LogP contribution in [0.4, 0.5) is 56.9 Å². The van der Waals surface area contributed by atoms with Crippen molar-refractivity contribution in [1.82, 2.24) is 0 Å². The monoisotopic (exact) mass is 1260 g/mol. The van der Waals surface area contributed by atoms with Crippen LogP contribution >= 0.6 is 0 Å². The zero-order chi connectivity index (χ0) is 61.8. The van der Waals surface area contributed by atoms with Crippen molar-refractivity contribution in [1.29, 1.82) is 0 Å². The third kappa shape index (κ3) is 12.4. The van der Waals surface area contributed by atoms with Crippen LogP contribution in [0, 0.1) is 0 Å². The molecule has 10 rings (SSSR count). The Morgan fingerprint density at radius 3 is 1.45 bits per heavy atom. The molecule has 0 bridgehead atoms. The first kappa shape index (κ1) is 59.3. The second kappa shape index (κ2) is 22.3. The summed E-state index contributed by atoms with van der Waals surface area (Å²) in [6.45, 7) is 0. The highest BCUT2D eigenvalue weighted by Crippen LogP contribution is 2.47. The van der Waals surface area contributed by atoms with E-state index >= 15 is 0 Å². The molecule has 0 radical (unpaired) electrons. The standard InChI is InChI=1S/C54H38N10O17S5/c55-41-17-20-43(61-58-34-15-10-31-22-36(82(67,68)69)26-48(39(31)24-34)85(76,77)78)37-16-19-45(53(65)50(37)41)63-57-32-11-5-28(6-12-32)4-7-30-9-14-35(25-47(30)84(73,74)75)60-64-52-49(86(79,80)81)27-40-44(21-18-42(56)51(40)54(52)66)62-59-33-13-8-29-2-1-3-46(38(29)23-33)83(70,71)72/h1-27,65-66H,55-56H2,(H,67,68,69)(H,70,71,72)(H,73,74,75)(H,76,77,78)(H,79,80,81)/b7-4+,61-58?,62-59?,63-57?,64-60?. The van der Waals surface area contributed by atoms with E-state index in [0.717, 1.165) is 18.2 Å². The molecule has 0 fully saturated rings. The molecule has 0 aliphatic rings. The highest BCUT2D eigenvalue weighted by molar-refractivity contribution is 7.87. The van der Waals surface area contributed by atoms with Crippen LogP contribution in [-0.2, 0) is 50.6 Å². The summed E-state index contributed by atoms with van der Waals surface area (Å²) >= 11 is 0. The van der Waals surface area contributed by atoms with Crippen LogP contribution < -0.4 is 11.5 Å². The maximum atomic E-state index is 12.8. The van der Waals surface area contributed by atoms with Gasteiger partial charge in [0.1, 0.15) is 31.0 Å². The van der Waals surface area contributed by atoms with Gasteiger partial charge in [-0.25, -0.2) is 0 Å². The first-order valence-corrected chi connectivity index (χ1v) is 31.3.